The lowest BCUT2D eigenvalue weighted by molar-refractivity contribution is -0.139. The summed E-state index contributed by atoms with van der Waals surface area (Å²) in [6.45, 7) is 0.181. The number of ether oxygens (including phenoxy) is 1. The van der Waals surface area contributed by atoms with Gasteiger partial charge in [0.2, 0.25) is 0 Å². The zero-order chi connectivity index (χ0) is 17.4. The van der Waals surface area contributed by atoms with E-state index in [4.69, 9.17) is 4.74 Å². The molecule has 2 amide bonds. The number of phenols is 1. The molecule has 0 aliphatic heterocycles. The first kappa shape index (κ1) is 16.9. The van der Waals surface area contributed by atoms with E-state index in [2.05, 4.69) is 20.8 Å². The van der Waals surface area contributed by atoms with Crippen molar-refractivity contribution < 1.29 is 19.4 Å². The van der Waals surface area contributed by atoms with Gasteiger partial charge >= 0.3 is 11.8 Å². The molecular formula is C16H16N4O4. The molecule has 8 nitrogen and oxygen atoms in total. The number of benzene rings is 1. The van der Waals surface area contributed by atoms with Crippen LogP contribution in [0.25, 0.3) is 0 Å². The van der Waals surface area contributed by atoms with Gasteiger partial charge in [-0.3, -0.25) is 14.6 Å². The van der Waals surface area contributed by atoms with Crippen molar-refractivity contribution in [2.75, 3.05) is 7.11 Å². The van der Waals surface area contributed by atoms with Gasteiger partial charge in [0.25, 0.3) is 0 Å². The van der Waals surface area contributed by atoms with Gasteiger partial charge in [-0.25, -0.2) is 5.43 Å². The maximum Gasteiger partial charge on any atom is 0.329 e. The SMILES string of the molecule is COc1cccc(/C=N/NC(=O)C(=O)NCc2cccnc2)c1O. The van der Waals surface area contributed by atoms with Gasteiger partial charge < -0.3 is 15.2 Å². The second kappa shape index (κ2) is 8.28. The highest BCUT2D eigenvalue weighted by Gasteiger charge is 2.12. The van der Waals surface area contributed by atoms with E-state index in [0.717, 1.165) is 5.56 Å². The second-order valence-electron chi connectivity index (χ2n) is 4.64. The van der Waals surface area contributed by atoms with E-state index >= 15 is 0 Å². The Hall–Kier alpha value is -3.42. The van der Waals surface area contributed by atoms with Crippen LogP contribution in [0, 0.1) is 0 Å². The van der Waals surface area contributed by atoms with Gasteiger partial charge in [-0.2, -0.15) is 5.10 Å². The van der Waals surface area contributed by atoms with E-state index in [0.29, 0.717) is 5.56 Å². The van der Waals surface area contributed by atoms with Crippen molar-refractivity contribution in [3.8, 4) is 11.5 Å². The van der Waals surface area contributed by atoms with Crippen LogP contribution in [-0.2, 0) is 16.1 Å². The summed E-state index contributed by atoms with van der Waals surface area (Å²) < 4.78 is 4.96. The van der Waals surface area contributed by atoms with Gasteiger partial charge in [0.15, 0.2) is 11.5 Å². The summed E-state index contributed by atoms with van der Waals surface area (Å²) >= 11 is 0. The molecule has 0 saturated heterocycles. The van der Waals surface area contributed by atoms with Crippen LogP contribution >= 0.6 is 0 Å². The Morgan fingerprint density at radius 1 is 1.29 bits per heavy atom. The number of aromatic hydroxyl groups is 1. The number of nitrogens with one attached hydrogen (secondary N) is 2. The highest BCUT2D eigenvalue weighted by Crippen LogP contribution is 2.27. The van der Waals surface area contributed by atoms with Crippen molar-refractivity contribution in [2.24, 2.45) is 5.10 Å². The van der Waals surface area contributed by atoms with Crippen LogP contribution in [0.4, 0.5) is 0 Å². The predicted octanol–water partition coefficient (Wildman–Crippen LogP) is 0.562. The van der Waals surface area contributed by atoms with Gasteiger partial charge in [-0.1, -0.05) is 12.1 Å². The van der Waals surface area contributed by atoms with E-state index < -0.39 is 11.8 Å². The summed E-state index contributed by atoms with van der Waals surface area (Å²) in [6.07, 6.45) is 4.41. The first-order chi connectivity index (χ1) is 11.6. The molecule has 0 saturated carbocycles. The van der Waals surface area contributed by atoms with Gasteiger partial charge in [0.05, 0.1) is 13.3 Å². The quantitative estimate of drug-likeness (QED) is 0.422. The van der Waals surface area contributed by atoms with Crippen LogP contribution in [0.15, 0.2) is 47.8 Å². The molecule has 124 valence electrons. The summed E-state index contributed by atoms with van der Waals surface area (Å²) in [5, 5.41) is 15.9. The number of methoxy groups -OCH3 is 1. The number of nitrogens with zero attached hydrogens (tertiary/aromatic N) is 2. The Bertz CT molecular complexity index is 747. The molecule has 0 atom stereocenters. The molecule has 0 aliphatic carbocycles. The Labute approximate surface area is 138 Å². The topological polar surface area (TPSA) is 113 Å². The van der Waals surface area contributed by atoms with Crippen molar-refractivity contribution in [2.45, 2.75) is 6.54 Å². The summed E-state index contributed by atoms with van der Waals surface area (Å²) in [4.78, 5) is 27.2. The van der Waals surface area contributed by atoms with Crippen molar-refractivity contribution in [1.82, 2.24) is 15.7 Å². The van der Waals surface area contributed by atoms with Crippen LogP contribution < -0.4 is 15.5 Å². The number of rotatable bonds is 5. The molecule has 0 radical (unpaired) electrons. The normalized spacial score (nSPS) is 10.4. The molecule has 1 aromatic heterocycles. The second-order valence-corrected chi connectivity index (χ2v) is 4.64. The fourth-order valence-electron chi connectivity index (χ4n) is 1.78. The zero-order valence-corrected chi connectivity index (χ0v) is 12.9. The third-order valence-electron chi connectivity index (χ3n) is 3.00. The Kier molecular flexibility index (Phi) is 5.84. The molecule has 0 spiro atoms. The van der Waals surface area contributed by atoms with Crippen molar-refractivity contribution in [1.29, 1.82) is 0 Å². The molecule has 3 N–H and O–H groups in total. The van der Waals surface area contributed by atoms with Crippen LogP contribution in [0.2, 0.25) is 0 Å². The lowest BCUT2D eigenvalue weighted by Crippen LogP contribution is -2.37. The minimum Gasteiger partial charge on any atom is -0.504 e. The highest BCUT2D eigenvalue weighted by molar-refractivity contribution is 6.35. The molecule has 2 rings (SSSR count). The number of hydrogen-bond donors (Lipinski definition) is 3. The van der Waals surface area contributed by atoms with E-state index in [1.165, 1.54) is 13.3 Å². The summed E-state index contributed by atoms with van der Waals surface area (Å²) in [7, 11) is 1.42. The number of phenolic OH excluding ortho intramolecular Hbond substituents is 1. The zero-order valence-electron chi connectivity index (χ0n) is 12.9. The molecular weight excluding hydrogens is 312 g/mol. The predicted molar refractivity (Wildman–Crippen MR) is 86.5 cm³/mol. The third-order valence-corrected chi connectivity index (χ3v) is 3.00. The van der Waals surface area contributed by atoms with Crippen LogP contribution in [-0.4, -0.2) is 35.2 Å². The molecule has 0 unspecified atom stereocenters. The number of pyridine rings is 1. The van der Waals surface area contributed by atoms with E-state index in [-0.39, 0.29) is 18.0 Å². The summed E-state index contributed by atoms with van der Waals surface area (Å²) in [5.74, 6) is -1.58. The van der Waals surface area contributed by atoms with Crippen molar-refractivity contribution >= 4 is 18.0 Å². The van der Waals surface area contributed by atoms with E-state index in [9.17, 15) is 14.7 Å². The molecule has 24 heavy (non-hydrogen) atoms. The van der Waals surface area contributed by atoms with Crippen molar-refractivity contribution in [3.63, 3.8) is 0 Å². The lowest BCUT2D eigenvalue weighted by atomic mass is 10.2. The largest absolute Gasteiger partial charge is 0.504 e. The van der Waals surface area contributed by atoms with Crippen LogP contribution in [0.3, 0.4) is 0 Å². The molecule has 2 aromatic rings. The number of carbonyl (C=O) groups excluding carboxylic acids is 2. The Morgan fingerprint density at radius 3 is 2.83 bits per heavy atom. The van der Waals surface area contributed by atoms with Gasteiger partial charge in [-0.15, -0.1) is 0 Å². The first-order valence-electron chi connectivity index (χ1n) is 6.98. The fourth-order valence-corrected chi connectivity index (χ4v) is 1.78. The lowest BCUT2D eigenvalue weighted by Gasteiger charge is -2.05. The average Bonchev–Trinajstić information content (AvgIpc) is 2.61. The molecule has 0 fully saturated rings. The standard InChI is InChI=1S/C16H16N4O4/c1-24-13-6-2-5-12(14(13)21)10-19-20-16(23)15(22)18-9-11-4-3-7-17-8-11/h2-8,10,21H,9H2,1H3,(H,18,22)(H,20,23)/b19-10+. The summed E-state index contributed by atoms with van der Waals surface area (Å²) in [5.41, 5.74) is 3.19. The number of para-hydroxylation sites is 1. The Morgan fingerprint density at radius 2 is 2.12 bits per heavy atom. The monoisotopic (exact) mass is 328 g/mol. The van der Waals surface area contributed by atoms with Gasteiger partial charge in [0, 0.05) is 24.5 Å². The van der Waals surface area contributed by atoms with Gasteiger partial charge in [0.1, 0.15) is 0 Å². The smallest absolute Gasteiger partial charge is 0.329 e. The first-order valence-corrected chi connectivity index (χ1v) is 6.98. The molecule has 1 aromatic carbocycles. The van der Waals surface area contributed by atoms with Crippen LogP contribution in [0.1, 0.15) is 11.1 Å². The summed E-state index contributed by atoms with van der Waals surface area (Å²) in [6, 6.07) is 8.32. The number of hydrogen-bond acceptors (Lipinski definition) is 6. The van der Waals surface area contributed by atoms with E-state index in [1.807, 2.05) is 0 Å². The number of aromatic nitrogens is 1. The minimum absolute atomic E-state index is 0.112. The molecule has 1 heterocycles. The van der Waals surface area contributed by atoms with Crippen LogP contribution in [0.5, 0.6) is 11.5 Å². The minimum atomic E-state index is -0.919. The molecule has 0 bridgehead atoms. The maximum absolute atomic E-state index is 11.6. The molecule has 0 aliphatic rings. The Balaban J connectivity index is 1.87. The highest BCUT2D eigenvalue weighted by atomic mass is 16.5. The number of hydrazone groups is 1. The maximum atomic E-state index is 11.6. The average molecular weight is 328 g/mol. The fraction of sp³-hybridized carbons (Fsp3) is 0.125. The van der Waals surface area contributed by atoms with E-state index in [1.54, 1.807) is 42.7 Å². The third kappa shape index (κ3) is 4.54. The molecule has 8 heteroatoms. The number of amides is 2. The van der Waals surface area contributed by atoms with Crippen molar-refractivity contribution in [3.05, 3.63) is 53.9 Å². The van der Waals surface area contributed by atoms with Gasteiger partial charge in [-0.05, 0) is 23.8 Å². The number of carbonyl (C=O) groups is 2.